The van der Waals surface area contributed by atoms with Gasteiger partial charge in [-0.15, -0.1) is 0 Å². The predicted octanol–water partition coefficient (Wildman–Crippen LogP) is 0.907. The van der Waals surface area contributed by atoms with E-state index in [0.29, 0.717) is 36.5 Å². The van der Waals surface area contributed by atoms with Crippen LogP contribution in [0.25, 0.3) is 0 Å². The minimum atomic E-state index is -0.0000211. The number of rotatable bonds is 3. The zero-order valence-corrected chi connectivity index (χ0v) is 13.4. The Hall–Kier alpha value is -2.50. The first kappa shape index (κ1) is 15.1. The average molecular weight is 326 g/mol. The summed E-state index contributed by atoms with van der Waals surface area (Å²) in [5.74, 6) is 1.26. The van der Waals surface area contributed by atoms with Crippen LogP contribution in [-0.2, 0) is 4.74 Å². The summed E-state index contributed by atoms with van der Waals surface area (Å²) in [6.45, 7) is 5.66. The lowest BCUT2D eigenvalue weighted by Crippen LogP contribution is -2.62. The van der Waals surface area contributed by atoms with Crippen molar-refractivity contribution in [3.63, 3.8) is 0 Å². The molecule has 0 amide bonds. The third-order valence-corrected chi connectivity index (χ3v) is 4.59. The highest BCUT2D eigenvalue weighted by Crippen LogP contribution is 2.32. The van der Waals surface area contributed by atoms with Gasteiger partial charge in [-0.1, -0.05) is 5.16 Å². The van der Waals surface area contributed by atoms with Crippen LogP contribution in [0, 0.1) is 18.3 Å². The van der Waals surface area contributed by atoms with E-state index < -0.39 is 0 Å². The number of pyridine rings is 1. The molecule has 2 fully saturated rings. The maximum atomic E-state index is 9.22. The van der Waals surface area contributed by atoms with E-state index in [9.17, 15) is 5.26 Å². The van der Waals surface area contributed by atoms with Crippen molar-refractivity contribution in [3.05, 3.63) is 35.7 Å². The molecule has 0 aromatic carbocycles. The molecule has 2 saturated heterocycles. The van der Waals surface area contributed by atoms with E-state index in [4.69, 9.17) is 9.26 Å². The molecule has 2 aromatic heterocycles. The number of nitrogens with zero attached hydrogens (tertiary/aromatic N) is 6. The first-order valence-electron chi connectivity index (χ1n) is 7.99. The van der Waals surface area contributed by atoms with Gasteiger partial charge in [0, 0.05) is 38.1 Å². The number of morpholine rings is 1. The van der Waals surface area contributed by atoms with E-state index in [1.54, 1.807) is 12.4 Å². The zero-order valence-electron chi connectivity index (χ0n) is 13.4. The van der Waals surface area contributed by atoms with E-state index in [0.717, 1.165) is 25.3 Å². The molecule has 2 aliphatic heterocycles. The van der Waals surface area contributed by atoms with Crippen molar-refractivity contribution >= 4 is 5.69 Å². The zero-order chi connectivity index (χ0) is 16.5. The van der Waals surface area contributed by atoms with Crippen LogP contribution in [0.5, 0.6) is 0 Å². The summed E-state index contributed by atoms with van der Waals surface area (Å²) in [5.41, 5.74) is 1.56. The summed E-state index contributed by atoms with van der Waals surface area (Å²) in [4.78, 5) is 13.0. The van der Waals surface area contributed by atoms with Crippen LogP contribution in [0.3, 0.4) is 0 Å². The van der Waals surface area contributed by atoms with Gasteiger partial charge >= 0.3 is 0 Å². The Kier molecular flexibility index (Phi) is 3.88. The fourth-order valence-electron chi connectivity index (χ4n) is 3.33. The molecule has 8 heteroatoms. The number of hydrogen-bond acceptors (Lipinski definition) is 8. The highest BCUT2D eigenvalue weighted by atomic mass is 16.5. The second-order valence-electron chi connectivity index (χ2n) is 6.07. The summed E-state index contributed by atoms with van der Waals surface area (Å²) in [6.07, 6.45) is 3.34. The number of ether oxygens (including phenoxy) is 1. The van der Waals surface area contributed by atoms with Crippen molar-refractivity contribution in [1.29, 1.82) is 5.26 Å². The molecule has 124 valence electrons. The van der Waals surface area contributed by atoms with Crippen LogP contribution >= 0.6 is 0 Å². The Morgan fingerprint density at radius 2 is 2.25 bits per heavy atom. The third kappa shape index (κ3) is 2.62. The first-order chi connectivity index (χ1) is 11.8. The first-order valence-corrected chi connectivity index (χ1v) is 7.99. The van der Waals surface area contributed by atoms with Crippen molar-refractivity contribution < 1.29 is 9.26 Å². The number of aryl methyl sites for hydroxylation is 1. The smallest absolute Gasteiger partial charge is 0.246 e. The van der Waals surface area contributed by atoms with E-state index in [1.165, 1.54) is 0 Å². The third-order valence-electron chi connectivity index (χ3n) is 4.59. The molecule has 0 aliphatic carbocycles. The summed E-state index contributed by atoms with van der Waals surface area (Å²) in [7, 11) is 0. The molecule has 8 nitrogen and oxygen atoms in total. The molecular weight excluding hydrogens is 308 g/mol. The van der Waals surface area contributed by atoms with Gasteiger partial charge in [0.25, 0.3) is 0 Å². The number of anilines is 1. The van der Waals surface area contributed by atoms with E-state index in [1.807, 2.05) is 13.0 Å². The van der Waals surface area contributed by atoms with Crippen molar-refractivity contribution in [3.8, 4) is 6.07 Å². The normalized spacial score (nSPS) is 22.2. The Morgan fingerprint density at radius 3 is 3.00 bits per heavy atom. The molecule has 0 radical (unpaired) electrons. The lowest BCUT2D eigenvalue weighted by Gasteiger charge is -2.49. The van der Waals surface area contributed by atoms with Gasteiger partial charge in [0.15, 0.2) is 5.82 Å². The summed E-state index contributed by atoms with van der Waals surface area (Å²) < 4.78 is 11.0. The molecule has 2 aromatic rings. The van der Waals surface area contributed by atoms with Crippen LogP contribution in [0.4, 0.5) is 5.69 Å². The van der Waals surface area contributed by atoms with Gasteiger partial charge in [0.1, 0.15) is 12.1 Å². The monoisotopic (exact) mass is 326 g/mol. The number of nitriles is 1. The van der Waals surface area contributed by atoms with E-state index >= 15 is 0 Å². The molecule has 0 saturated carbocycles. The lowest BCUT2D eigenvalue weighted by atomic mass is 10.0. The lowest BCUT2D eigenvalue weighted by molar-refractivity contribution is -0.0461. The largest absolute Gasteiger partial charge is 0.378 e. The summed E-state index contributed by atoms with van der Waals surface area (Å²) >= 11 is 0. The SMILES string of the molecule is Cc1noc(C2COCCN2C2CN(c3ccncc3C#N)C2)n1. The van der Waals surface area contributed by atoms with Crippen molar-refractivity contribution in [2.24, 2.45) is 0 Å². The molecular formula is C16H18N6O2. The highest BCUT2D eigenvalue weighted by Gasteiger charge is 2.40. The standard InChI is InChI=1S/C16H18N6O2/c1-11-19-16(24-20-11)15-10-23-5-4-22(15)13-8-21(9-13)14-2-3-18-7-12(14)6-17/h2-3,7,13,15H,4-5,8-10H2,1H3. The Balaban J connectivity index is 1.48. The molecule has 0 bridgehead atoms. The Morgan fingerprint density at radius 1 is 1.38 bits per heavy atom. The highest BCUT2D eigenvalue weighted by molar-refractivity contribution is 5.59. The van der Waals surface area contributed by atoms with Gasteiger partial charge in [-0.25, -0.2) is 0 Å². The van der Waals surface area contributed by atoms with Gasteiger partial charge in [-0.2, -0.15) is 10.2 Å². The molecule has 4 rings (SSSR count). The molecule has 2 aliphatic rings. The van der Waals surface area contributed by atoms with Crippen LogP contribution in [0.1, 0.15) is 23.3 Å². The van der Waals surface area contributed by atoms with Gasteiger partial charge in [0.05, 0.1) is 24.5 Å². The second-order valence-corrected chi connectivity index (χ2v) is 6.07. The van der Waals surface area contributed by atoms with Gasteiger partial charge in [-0.05, 0) is 13.0 Å². The van der Waals surface area contributed by atoms with E-state index in [2.05, 4.69) is 31.0 Å². The van der Waals surface area contributed by atoms with Gasteiger partial charge in [0.2, 0.25) is 5.89 Å². The van der Waals surface area contributed by atoms with E-state index in [-0.39, 0.29) is 6.04 Å². The van der Waals surface area contributed by atoms with Gasteiger partial charge < -0.3 is 14.2 Å². The average Bonchev–Trinajstić information content (AvgIpc) is 3.01. The molecule has 0 spiro atoms. The van der Waals surface area contributed by atoms with Crippen molar-refractivity contribution in [2.45, 2.75) is 19.0 Å². The molecule has 0 N–H and O–H groups in total. The fraction of sp³-hybridized carbons (Fsp3) is 0.500. The minimum absolute atomic E-state index is 0.0000211. The summed E-state index contributed by atoms with van der Waals surface area (Å²) in [6, 6.07) is 4.48. The Labute approximate surface area is 139 Å². The Bertz CT molecular complexity index is 764. The van der Waals surface area contributed by atoms with Gasteiger partial charge in [-0.3, -0.25) is 9.88 Å². The molecule has 1 unspecified atom stereocenters. The molecule has 24 heavy (non-hydrogen) atoms. The fourth-order valence-corrected chi connectivity index (χ4v) is 3.33. The van der Waals surface area contributed by atoms with Crippen LogP contribution in [0.2, 0.25) is 0 Å². The topological polar surface area (TPSA) is 91.3 Å². The minimum Gasteiger partial charge on any atom is -0.378 e. The molecule has 1 atom stereocenters. The maximum absolute atomic E-state index is 9.22. The predicted molar refractivity (Wildman–Crippen MR) is 84.3 cm³/mol. The quantitative estimate of drug-likeness (QED) is 0.822. The van der Waals surface area contributed by atoms with Crippen LogP contribution in [0.15, 0.2) is 23.0 Å². The van der Waals surface area contributed by atoms with Crippen LogP contribution in [-0.4, -0.2) is 58.9 Å². The van der Waals surface area contributed by atoms with Crippen molar-refractivity contribution in [1.82, 2.24) is 20.0 Å². The number of hydrogen-bond donors (Lipinski definition) is 0. The number of aromatic nitrogens is 3. The second kappa shape index (κ2) is 6.19. The molecule has 4 heterocycles. The summed E-state index contributed by atoms with van der Waals surface area (Å²) in [5, 5.41) is 13.1. The maximum Gasteiger partial charge on any atom is 0.246 e. The van der Waals surface area contributed by atoms with Crippen LogP contribution < -0.4 is 4.90 Å². The van der Waals surface area contributed by atoms with Crippen molar-refractivity contribution in [2.75, 3.05) is 37.7 Å².